The summed E-state index contributed by atoms with van der Waals surface area (Å²) in [6, 6.07) is 4.25. The van der Waals surface area contributed by atoms with Crippen molar-refractivity contribution in [2.24, 2.45) is 17.6 Å². The summed E-state index contributed by atoms with van der Waals surface area (Å²) in [4.78, 5) is 13.4. The highest BCUT2D eigenvalue weighted by atomic mass is 127. The number of rotatable bonds is 5. The summed E-state index contributed by atoms with van der Waals surface area (Å²) in [6.07, 6.45) is 4.19. The summed E-state index contributed by atoms with van der Waals surface area (Å²) in [6.45, 7) is 1.38. The van der Waals surface area contributed by atoms with Gasteiger partial charge in [-0.25, -0.2) is 0 Å². The second-order valence-corrected chi connectivity index (χ2v) is 7.84. The molecule has 2 atom stereocenters. The van der Waals surface area contributed by atoms with Crippen LogP contribution in [-0.4, -0.2) is 19.0 Å². The maximum Gasteiger partial charge on any atom is 0.223 e. The van der Waals surface area contributed by atoms with E-state index in [1.165, 1.54) is 7.76 Å². The Morgan fingerprint density at radius 1 is 1.50 bits per heavy atom. The molecule has 1 aromatic rings. The molecule has 1 saturated carbocycles. The molecule has 1 fully saturated rings. The number of carbonyl (C=O) groups excluding carboxylic acids is 1. The highest BCUT2D eigenvalue weighted by Crippen LogP contribution is 2.30. The van der Waals surface area contributed by atoms with E-state index in [-0.39, 0.29) is 11.8 Å². The smallest absolute Gasteiger partial charge is 0.223 e. The van der Waals surface area contributed by atoms with E-state index in [9.17, 15) is 4.79 Å². The molecule has 0 radical (unpaired) electrons. The number of hydrogen-bond acceptors (Lipinski definition) is 3. The van der Waals surface area contributed by atoms with Crippen LogP contribution in [0.25, 0.3) is 0 Å². The summed E-state index contributed by atoms with van der Waals surface area (Å²) in [7, 11) is 0. The standard InChI is InChI=1S/C13H19IN2OS/c14-12-5-4-10(18-12)6-7-16-13(17)11-3-1-2-9(11)8-15/h4-5,9,11H,1-3,6-8,15H2,(H,16,17)/t9-,11-/m1/s1. The molecule has 3 nitrogen and oxygen atoms in total. The molecule has 3 N–H and O–H groups in total. The van der Waals surface area contributed by atoms with Gasteiger partial charge in [0.1, 0.15) is 0 Å². The van der Waals surface area contributed by atoms with Crippen molar-refractivity contribution in [3.8, 4) is 0 Å². The van der Waals surface area contributed by atoms with E-state index < -0.39 is 0 Å². The Bertz CT molecular complexity index is 407. The molecule has 1 heterocycles. The van der Waals surface area contributed by atoms with Gasteiger partial charge in [-0.15, -0.1) is 11.3 Å². The number of nitrogens with two attached hydrogens (primary N) is 1. The first-order chi connectivity index (χ1) is 8.70. The van der Waals surface area contributed by atoms with Crippen LogP contribution < -0.4 is 11.1 Å². The van der Waals surface area contributed by atoms with Crippen LogP contribution in [0, 0.1) is 14.7 Å². The molecule has 0 unspecified atom stereocenters. The molecule has 0 bridgehead atoms. The Labute approximate surface area is 126 Å². The van der Waals surface area contributed by atoms with E-state index in [1.54, 1.807) is 11.3 Å². The van der Waals surface area contributed by atoms with Gasteiger partial charge < -0.3 is 11.1 Å². The van der Waals surface area contributed by atoms with Gasteiger partial charge >= 0.3 is 0 Å². The summed E-state index contributed by atoms with van der Waals surface area (Å²) in [5, 5.41) is 3.06. The zero-order valence-corrected chi connectivity index (χ0v) is 13.3. The van der Waals surface area contributed by atoms with Gasteiger partial charge in [0, 0.05) is 17.3 Å². The molecule has 100 valence electrons. The molecule has 0 aromatic carbocycles. The van der Waals surface area contributed by atoms with Crippen molar-refractivity contribution < 1.29 is 4.79 Å². The third-order valence-corrected chi connectivity index (χ3v) is 5.55. The number of amides is 1. The second-order valence-electron chi connectivity index (χ2n) is 4.78. The topological polar surface area (TPSA) is 55.1 Å². The van der Waals surface area contributed by atoms with Gasteiger partial charge in [0.15, 0.2) is 0 Å². The van der Waals surface area contributed by atoms with Gasteiger partial charge in [0.25, 0.3) is 0 Å². The SMILES string of the molecule is NC[C@H]1CCC[C@H]1C(=O)NCCc1ccc(I)s1. The molecule has 5 heteroatoms. The van der Waals surface area contributed by atoms with Crippen LogP contribution in [0.5, 0.6) is 0 Å². The fraction of sp³-hybridized carbons (Fsp3) is 0.615. The fourth-order valence-electron chi connectivity index (χ4n) is 2.59. The number of carbonyl (C=O) groups is 1. The lowest BCUT2D eigenvalue weighted by molar-refractivity contribution is -0.125. The van der Waals surface area contributed by atoms with E-state index >= 15 is 0 Å². The van der Waals surface area contributed by atoms with E-state index in [1.807, 2.05) is 0 Å². The van der Waals surface area contributed by atoms with Gasteiger partial charge in [-0.1, -0.05) is 6.42 Å². The zero-order chi connectivity index (χ0) is 13.0. The lowest BCUT2D eigenvalue weighted by Gasteiger charge is -2.17. The molecule has 1 aromatic heterocycles. The number of halogens is 1. The van der Waals surface area contributed by atoms with E-state index in [2.05, 4.69) is 40.0 Å². The van der Waals surface area contributed by atoms with Crippen LogP contribution in [-0.2, 0) is 11.2 Å². The predicted molar refractivity (Wildman–Crippen MR) is 83.6 cm³/mol. The third-order valence-electron chi connectivity index (χ3n) is 3.60. The molecule has 1 aliphatic carbocycles. The van der Waals surface area contributed by atoms with Gasteiger partial charge in [-0.05, 0) is 66.4 Å². The average molecular weight is 378 g/mol. The summed E-state index contributed by atoms with van der Waals surface area (Å²) in [5.41, 5.74) is 5.71. The van der Waals surface area contributed by atoms with Crippen LogP contribution in [0.4, 0.5) is 0 Å². The quantitative estimate of drug-likeness (QED) is 0.774. The fourth-order valence-corrected chi connectivity index (χ4v) is 4.35. The number of hydrogen-bond donors (Lipinski definition) is 2. The molecule has 1 aliphatic rings. The van der Waals surface area contributed by atoms with Crippen LogP contribution in [0.15, 0.2) is 12.1 Å². The third kappa shape index (κ3) is 3.68. The molecule has 2 rings (SSSR count). The first kappa shape index (κ1) is 14.3. The maximum atomic E-state index is 12.0. The number of nitrogens with one attached hydrogen (secondary N) is 1. The monoisotopic (exact) mass is 378 g/mol. The van der Waals surface area contributed by atoms with Crippen molar-refractivity contribution in [3.63, 3.8) is 0 Å². The molecule has 1 amide bonds. The molecular weight excluding hydrogens is 359 g/mol. The Hall–Kier alpha value is -0.140. The zero-order valence-electron chi connectivity index (χ0n) is 10.3. The van der Waals surface area contributed by atoms with E-state index in [4.69, 9.17) is 5.73 Å². The van der Waals surface area contributed by atoms with Crippen molar-refractivity contribution in [2.75, 3.05) is 13.1 Å². The Morgan fingerprint density at radius 2 is 2.33 bits per heavy atom. The second kappa shape index (κ2) is 6.86. The first-order valence-corrected chi connectivity index (χ1v) is 8.32. The predicted octanol–water partition coefficient (Wildman–Crippen LogP) is 2.39. The molecular formula is C13H19IN2OS. The van der Waals surface area contributed by atoms with Gasteiger partial charge in [0.2, 0.25) is 5.91 Å². The van der Waals surface area contributed by atoms with Gasteiger partial charge in [-0.3, -0.25) is 4.79 Å². The van der Waals surface area contributed by atoms with Crippen molar-refractivity contribution in [1.29, 1.82) is 0 Å². The Kier molecular flexibility index (Phi) is 5.44. The first-order valence-electron chi connectivity index (χ1n) is 6.42. The van der Waals surface area contributed by atoms with Crippen molar-refractivity contribution in [1.82, 2.24) is 5.32 Å². The van der Waals surface area contributed by atoms with E-state index in [0.717, 1.165) is 32.2 Å². The molecule has 0 aliphatic heterocycles. The van der Waals surface area contributed by atoms with Crippen molar-refractivity contribution in [2.45, 2.75) is 25.7 Å². The minimum atomic E-state index is 0.151. The van der Waals surface area contributed by atoms with Crippen molar-refractivity contribution >= 4 is 39.8 Å². The number of thiophene rings is 1. The summed E-state index contributed by atoms with van der Waals surface area (Å²) < 4.78 is 1.30. The summed E-state index contributed by atoms with van der Waals surface area (Å²) in [5.74, 6) is 0.750. The van der Waals surface area contributed by atoms with Crippen LogP contribution >= 0.6 is 33.9 Å². The van der Waals surface area contributed by atoms with Crippen LogP contribution in [0.2, 0.25) is 0 Å². The minimum absolute atomic E-state index is 0.151. The minimum Gasteiger partial charge on any atom is -0.355 e. The highest BCUT2D eigenvalue weighted by Gasteiger charge is 2.31. The maximum absolute atomic E-state index is 12.0. The Balaban J connectivity index is 1.74. The lowest BCUT2D eigenvalue weighted by atomic mass is 9.95. The molecule has 18 heavy (non-hydrogen) atoms. The highest BCUT2D eigenvalue weighted by molar-refractivity contribution is 14.1. The lowest BCUT2D eigenvalue weighted by Crippen LogP contribution is -2.36. The normalized spacial score (nSPS) is 23.2. The molecule has 0 saturated heterocycles. The van der Waals surface area contributed by atoms with Crippen LogP contribution in [0.3, 0.4) is 0 Å². The molecule has 0 spiro atoms. The van der Waals surface area contributed by atoms with Crippen molar-refractivity contribution in [3.05, 3.63) is 19.9 Å². The largest absolute Gasteiger partial charge is 0.355 e. The van der Waals surface area contributed by atoms with Crippen LogP contribution in [0.1, 0.15) is 24.1 Å². The summed E-state index contributed by atoms with van der Waals surface area (Å²) >= 11 is 4.11. The van der Waals surface area contributed by atoms with E-state index in [0.29, 0.717) is 12.5 Å². The van der Waals surface area contributed by atoms with Gasteiger partial charge in [-0.2, -0.15) is 0 Å². The Morgan fingerprint density at radius 3 is 3.00 bits per heavy atom. The van der Waals surface area contributed by atoms with Gasteiger partial charge in [0.05, 0.1) is 2.88 Å². The average Bonchev–Trinajstić information content (AvgIpc) is 2.97.